The van der Waals surface area contributed by atoms with Crippen molar-refractivity contribution in [3.8, 4) is 10.6 Å². The number of ether oxygens (including phenoxy) is 2. The number of hydrogen-bond acceptors (Lipinski definition) is 5. The first-order valence-corrected chi connectivity index (χ1v) is 17.0. The summed E-state index contributed by atoms with van der Waals surface area (Å²) in [6, 6.07) is 40.7. The van der Waals surface area contributed by atoms with Gasteiger partial charge in [-0.15, -0.1) is 23.1 Å². The molecule has 2 aromatic heterocycles. The Balaban J connectivity index is 1.27. The lowest BCUT2D eigenvalue weighted by Gasteiger charge is -2.45. The summed E-state index contributed by atoms with van der Waals surface area (Å²) in [5.74, 6) is 0.370. The topological polar surface area (TPSA) is 31.4 Å². The zero-order valence-electron chi connectivity index (χ0n) is 24.8. The molecule has 0 bridgehead atoms. The molecule has 0 amide bonds. The van der Waals surface area contributed by atoms with Gasteiger partial charge in [0.1, 0.15) is 6.10 Å². The standard InChI is InChI=1S/C38H39NO2S2/c1-3-34-27(2)36(40-25-28-13-6-4-7-14-28)37(41-26-29-15-8-5-9-16-29)38(43-34)31-18-12-17-30(23-31)24-32-20-21-35(42-32)33-19-10-11-22-39-33/h4-23,27,34,36-38H,3,24-26H2,1-2H3/t27-,34-,36+,37-,38+/m1/s1. The summed E-state index contributed by atoms with van der Waals surface area (Å²) in [5, 5.41) is 0.669. The van der Waals surface area contributed by atoms with Gasteiger partial charge in [0.25, 0.3) is 0 Å². The van der Waals surface area contributed by atoms with Crippen molar-refractivity contribution in [2.75, 3.05) is 0 Å². The molecule has 5 heteroatoms. The highest BCUT2D eigenvalue weighted by atomic mass is 32.2. The molecular formula is C38H39NO2S2. The highest BCUT2D eigenvalue weighted by Crippen LogP contribution is 2.49. The monoisotopic (exact) mass is 605 g/mol. The Kier molecular flexibility index (Phi) is 10.1. The molecule has 0 saturated carbocycles. The fourth-order valence-electron chi connectivity index (χ4n) is 5.97. The van der Waals surface area contributed by atoms with E-state index in [9.17, 15) is 0 Å². The van der Waals surface area contributed by atoms with Crippen LogP contribution in [0.5, 0.6) is 0 Å². The Labute approximate surface area is 264 Å². The van der Waals surface area contributed by atoms with Crippen LogP contribution in [0.25, 0.3) is 10.6 Å². The molecule has 5 atom stereocenters. The molecule has 0 unspecified atom stereocenters. The second kappa shape index (κ2) is 14.5. The molecule has 1 saturated heterocycles. The lowest BCUT2D eigenvalue weighted by atomic mass is 9.89. The van der Waals surface area contributed by atoms with Crippen LogP contribution < -0.4 is 0 Å². The molecule has 43 heavy (non-hydrogen) atoms. The summed E-state index contributed by atoms with van der Waals surface area (Å²) in [5.41, 5.74) is 6.06. The maximum atomic E-state index is 6.86. The molecule has 0 N–H and O–H groups in total. The van der Waals surface area contributed by atoms with E-state index in [1.807, 2.05) is 29.7 Å². The second-order valence-corrected chi connectivity index (χ2v) is 13.8. The van der Waals surface area contributed by atoms with Crippen LogP contribution in [-0.2, 0) is 29.1 Å². The summed E-state index contributed by atoms with van der Waals surface area (Å²) in [6.07, 6.45) is 3.78. The first-order chi connectivity index (χ1) is 21.2. The van der Waals surface area contributed by atoms with Crippen molar-refractivity contribution in [3.63, 3.8) is 0 Å². The predicted octanol–water partition coefficient (Wildman–Crippen LogP) is 9.77. The van der Waals surface area contributed by atoms with Gasteiger partial charge in [-0.1, -0.05) is 105 Å². The minimum atomic E-state index is -0.0699. The molecule has 220 valence electrons. The Morgan fingerprint density at radius 1 is 0.698 bits per heavy atom. The maximum Gasteiger partial charge on any atom is 0.100 e. The van der Waals surface area contributed by atoms with Gasteiger partial charge in [0.2, 0.25) is 0 Å². The molecule has 0 aliphatic carbocycles. The Hall–Kier alpha value is -3.22. The number of benzene rings is 3. The van der Waals surface area contributed by atoms with Gasteiger partial charge >= 0.3 is 0 Å². The Morgan fingerprint density at radius 2 is 1.37 bits per heavy atom. The normalized spacial score (nSPS) is 22.0. The molecule has 0 radical (unpaired) electrons. The third-order valence-electron chi connectivity index (χ3n) is 8.26. The average molecular weight is 606 g/mol. The lowest BCUT2D eigenvalue weighted by Crippen LogP contribution is -2.48. The van der Waals surface area contributed by atoms with Gasteiger partial charge in [0.15, 0.2) is 0 Å². The molecule has 6 rings (SSSR count). The van der Waals surface area contributed by atoms with E-state index >= 15 is 0 Å². The third kappa shape index (κ3) is 7.47. The van der Waals surface area contributed by atoms with Crippen LogP contribution in [0.1, 0.15) is 52.6 Å². The van der Waals surface area contributed by atoms with Gasteiger partial charge in [-0.25, -0.2) is 0 Å². The second-order valence-electron chi connectivity index (χ2n) is 11.3. The molecule has 0 spiro atoms. The van der Waals surface area contributed by atoms with E-state index in [0.29, 0.717) is 24.4 Å². The van der Waals surface area contributed by atoms with E-state index in [1.165, 1.54) is 32.0 Å². The first-order valence-electron chi connectivity index (χ1n) is 15.2. The fourth-order valence-corrected chi connectivity index (χ4v) is 8.65. The zero-order chi connectivity index (χ0) is 29.4. The summed E-state index contributed by atoms with van der Waals surface area (Å²) in [7, 11) is 0. The third-order valence-corrected chi connectivity index (χ3v) is 11.3. The minimum Gasteiger partial charge on any atom is -0.370 e. The van der Waals surface area contributed by atoms with Gasteiger partial charge in [-0.2, -0.15) is 0 Å². The summed E-state index contributed by atoms with van der Waals surface area (Å²) >= 11 is 3.89. The van der Waals surface area contributed by atoms with E-state index in [2.05, 4.69) is 134 Å². The number of aromatic nitrogens is 1. The van der Waals surface area contributed by atoms with Gasteiger partial charge in [-0.05, 0) is 58.9 Å². The van der Waals surface area contributed by atoms with E-state index in [0.717, 1.165) is 18.5 Å². The van der Waals surface area contributed by atoms with E-state index in [1.54, 1.807) is 0 Å². The number of nitrogens with zero attached hydrogens (tertiary/aromatic N) is 1. The smallest absolute Gasteiger partial charge is 0.100 e. The minimum absolute atomic E-state index is 0.0120. The van der Waals surface area contributed by atoms with Crippen LogP contribution in [-0.4, -0.2) is 22.4 Å². The Morgan fingerprint density at radius 3 is 2.05 bits per heavy atom. The molecule has 3 aromatic carbocycles. The van der Waals surface area contributed by atoms with Crippen LogP contribution in [0.15, 0.2) is 121 Å². The van der Waals surface area contributed by atoms with Gasteiger partial charge in [0, 0.05) is 22.7 Å². The quantitative estimate of drug-likeness (QED) is 0.150. The molecule has 1 aliphatic heterocycles. The average Bonchev–Trinajstić information content (AvgIpc) is 3.53. The summed E-state index contributed by atoms with van der Waals surface area (Å²) < 4.78 is 13.7. The Bertz CT molecular complexity index is 1560. The van der Waals surface area contributed by atoms with E-state index in [-0.39, 0.29) is 17.5 Å². The van der Waals surface area contributed by atoms with Gasteiger partial charge in [0.05, 0.1) is 35.1 Å². The van der Waals surface area contributed by atoms with Crippen molar-refractivity contribution < 1.29 is 9.47 Å². The molecule has 1 fully saturated rings. The number of thioether (sulfide) groups is 1. The van der Waals surface area contributed by atoms with Crippen LogP contribution in [0.3, 0.4) is 0 Å². The van der Waals surface area contributed by atoms with Crippen molar-refractivity contribution >= 4 is 23.1 Å². The highest BCUT2D eigenvalue weighted by molar-refractivity contribution is 8.00. The molecule has 5 aromatic rings. The first kappa shape index (κ1) is 29.8. The number of hydrogen-bond donors (Lipinski definition) is 0. The van der Waals surface area contributed by atoms with E-state index < -0.39 is 0 Å². The van der Waals surface area contributed by atoms with Crippen molar-refractivity contribution in [3.05, 3.63) is 149 Å². The van der Waals surface area contributed by atoms with Crippen LogP contribution in [0.4, 0.5) is 0 Å². The van der Waals surface area contributed by atoms with E-state index in [4.69, 9.17) is 9.47 Å². The predicted molar refractivity (Wildman–Crippen MR) is 180 cm³/mol. The largest absolute Gasteiger partial charge is 0.370 e. The number of pyridine rings is 1. The van der Waals surface area contributed by atoms with Gasteiger partial charge < -0.3 is 9.47 Å². The van der Waals surface area contributed by atoms with Crippen LogP contribution >= 0.6 is 23.1 Å². The van der Waals surface area contributed by atoms with Gasteiger partial charge in [-0.3, -0.25) is 4.98 Å². The SMILES string of the molecule is CC[C@H]1S[C@@H](c2cccc(Cc3ccc(-c4ccccn4)s3)c2)[C@H](OCc2ccccc2)[C@@H](OCc2ccccc2)[C@@H]1C. The molecular weight excluding hydrogens is 567 g/mol. The molecule has 3 heterocycles. The highest BCUT2D eigenvalue weighted by Gasteiger charge is 2.45. The van der Waals surface area contributed by atoms with Crippen LogP contribution in [0, 0.1) is 5.92 Å². The summed E-state index contributed by atoms with van der Waals surface area (Å²) in [4.78, 5) is 7.09. The molecule has 1 aliphatic rings. The molecule has 3 nitrogen and oxygen atoms in total. The van der Waals surface area contributed by atoms with Crippen molar-refractivity contribution in [1.29, 1.82) is 0 Å². The zero-order valence-corrected chi connectivity index (χ0v) is 26.5. The van der Waals surface area contributed by atoms with Crippen molar-refractivity contribution in [1.82, 2.24) is 4.98 Å². The number of thiophene rings is 1. The lowest BCUT2D eigenvalue weighted by molar-refractivity contribution is -0.112. The van der Waals surface area contributed by atoms with Crippen LogP contribution in [0.2, 0.25) is 0 Å². The van der Waals surface area contributed by atoms with Crippen molar-refractivity contribution in [2.24, 2.45) is 5.92 Å². The van der Waals surface area contributed by atoms with Crippen molar-refractivity contribution in [2.45, 2.75) is 62.6 Å². The summed E-state index contributed by atoms with van der Waals surface area (Å²) in [6.45, 7) is 5.81. The fraction of sp³-hybridized carbons (Fsp3) is 0.289. The maximum absolute atomic E-state index is 6.86. The number of rotatable bonds is 11.